The van der Waals surface area contributed by atoms with Crippen molar-refractivity contribution >= 4 is 22.4 Å². The van der Waals surface area contributed by atoms with Crippen LogP contribution in [0, 0.1) is 0 Å². The third kappa shape index (κ3) is 2.21. The molecule has 24 heavy (non-hydrogen) atoms. The minimum Gasteiger partial charge on any atom is -0.350 e. The molecule has 118 valence electrons. The van der Waals surface area contributed by atoms with E-state index < -0.39 is 0 Å². The van der Waals surface area contributed by atoms with Gasteiger partial charge in [-0.25, -0.2) is 9.50 Å². The molecule has 3 aromatic heterocycles. The molecule has 0 spiro atoms. The van der Waals surface area contributed by atoms with Crippen LogP contribution < -0.4 is 5.32 Å². The second kappa shape index (κ2) is 5.30. The van der Waals surface area contributed by atoms with Crippen LogP contribution in [-0.2, 0) is 0 Å². The van der Waals surface area contributed by atoms with Crippen molar-refractivity contribution in [1.29, 1.82) is 0 Å². The molecule has 5 rings (SSSR count). The molecule has 0 unspecified atom stereocenters. The number of rotatable bonds is 3. The summed E-state index contributed by atoms with van der Waals surface area (Å²) in [4.78, 5) is 8.87. The minimum absolute atomic E-state index is 0.533. The Labute approximate surface area is 139 Å². The summed E-state index contributed by atoms with van der Waals surface area (Å²) in [5, 5.41) is 9.12. The molecule has 1 saturated carbocycles. The lowest BCUT2D eigenvalue weighted by molar-refractivity contribution is 0.442. The Balaban J connectivity index is 1.55. The van der Waals surface area contributed by atoms with Gasteiger partial charge in [0.2, 0.25) is 5.95 Å². The Morgan fingerprint density at radius 2 is 2.04 bits per heavy atom. The van der Waals surface area contributed by atoms with Gasteiger partial charge in [-0.1, -0.05) is 12.1 Å². The number of aromatic nitrogens is 4. The van der Waals surface area contributed by atoms with Gasteiger partial charge in [-0.05, 0) is 49.1 Å². The lowest BCUT2D eigenvalue weighted by Gasteiger charge is -2.26. The van der Waals surface area contributed by atoms with E-state index in [1.165, 1.54) is 19.3 Å². The van der Waals surface area contributed by atoms with Gasteiger partial charge in [-0.2, -0.15) is 0 Å². The fourth-order valence-corrected chi connectivity index (χ4v) is 3.19. The summed E-state index contributed by atoms with van der Waals surface area (Å²) in [6.07, 6.45) is 9.43. The topological polar surface area (TPSA) is 55.1 Å². The second-order valence-corrected chi connectivity index (χ2v) is 6.32. The normalized spacial score (nSPS) is 14.8. The van der Waals surface area contributed by atoms with E-state index in [1.54, 1.807) is 0 Å². The molecule has 5 nitrogen and oxygen atoms in total. The van der Waals surface area contributed by atoms with E-state index in [4.69, 9.17) is 0 Å². The van der Waals surface area contributed by atoms with Crippen molar-refractivity contribution in [1.82, 2.24) is 19.6 Å². The van der Waals surface area contributed by atoms with E-state index in [-0.39, 0.29) is 0 Å². The van der Waals surface area contributed by atoms with Crippen molar-refractivity contribution in [3.8, 4) is 11.1 Å². The minimum atomic E-state index is 0.533. The van der Waals surface area contributed by atoms with Gasteiger partial charge in [-0.3, -0.25) is 4.98 Å². The second-order valence-electron chi connectivity index (χ2n) is 6.32. The molecule has 0 atom stereocenters. The predicted molar refractivity (Wildman–Crippen MR) is 95.0 cm³/mol. The van der Waals surface area contributed by atoms with E-state index in [0.717, 1.165) is 27.5 Å². The highest BCUT2D eigenvalue weighted by atomic mass is 15.3. The summed E-state index contributed by atoms with van der Waals surface area (Å²) < 4.78 is 1.90. The molecule has 5 heteroatoms. The molecule has 0 aliphatic heterocycles. The molecule has 1 fully saturated rings. The van der Waals surface area contributed by atoms with Crippen LogP contribution >= 0.6 is 0 Å². The number of hydrogen-bond donors (Lipinski definition) is 1. The van der Waals surface area contributed by atoms with Gasteiger partial charge in [-0.15, -0.1) is 5.10 Å². The zero-order valence-electron chi connectivity index (χ0n) is 13.2. The maximum Gasteiger partial charge on any atom is 0.241 e. The highest BCUT2D eigenvalue weighted by Crippen LogP contribution is 2.28. The fourth-order valence-electron chi connectivity index (χ4n) is 3.19. The predicted octanol–water partition coefficient (Wildman–Crippen LogP) is 3.91. The van der Waals surface area contributed by atoms with Crippen LogP contribution in [0.5, 0.6) is 0 Å². The number of benzene rings is 1. The van der Waals surface area contributed by atoms with Crippen LogP contribution in [0.1, 0.15) is 19.3 Å². The average molecular weight is 315 g/mol. The Bertz CT molecular complexity index is 1030. The van der Waals surface area contributed by atoms with Crippen molar-refractivity contribution in [2.75, 3.05) is 5.32 Å². The van der Waals surface area contributed by atoms with Crippen molar-refractivity contribution in [3.63, 3.8) is 0 Å². The Morgan fingerprint density at radius 3 is 2.92 bits per heavy atom. The smallest absolute Gasteiger partial charge is 0.241 e. The number of pyridine rings is 1. The monoisotopic (exact) mass is 315 g/mol. The molecule has 0 amide bonds. The lowest BCUT2D eigenvalue weighted by atomic mass is 9.93. The third-order valence-corrected chi connectivity index (χ3v) is 4.77. The number of nitrogens with one attached hydrogen (secondary N) is 1. The van der Waals surface area contributed by atoms with E-state index in [9.17, 15) is 0 Å². The molecule has 1 aliphatic carbocycles. The first kappa shape index (κ1) is 13.5. The first-order valence-electron chi connectivity index (χ1n) is 8.33. The maximum absolute atomic E-state index is 4.59. The van der Waals surface area contributed by atoms with Crippen LogP contribution in [-0.4, -0.2) is 25.6 Å². The molecule has 0 bridgehead atoms. The molecule has 1 N–H and O–H groups in total. The molecule has 1 aliphatic rings. The highest BCUT2D eigenvalue weighted by molar-refractivity contribution is 5.88. The van der Waals surface area contributed by atoms with E-state index in [1.807, 2.05) is 29.2 Å². The molecular weight excluding hydrogens is 298 g/mol. The van der Waals surface area contributed by atoms with Crippen LogP contribution in [0.2, 0.25) is 0 Å². The van der Waals surface area contributed by atoms with Crippen molar-refractivity contribution in [2.45, 2.75) is 25.3 Å². The molecule has 1 aromatic carbocycles. The maximum atomic E-state index is 4.59. The largest absolute Gasteiger partial charge is 0.350 e. The molecule has 3 heterocycles. The Morgan fingerprint density at radius 1 is 1.08 bits per heavy atom. The SMILES string of the molecule is c1cnc2ccc(-c3ccn4nc(NC5CCC5)ncc34)cc2c1. The van der Waals surface area contributed by atoms with Crippen LogP contribution in [0.15, 0.2) is 55.0 Å². The summed E-state index contributed by atoms with van der Waals surface area (Å²) in [5.74, 6) is 0.706. The van der Waals surface area contributed by atoms with Crippen LogP contribution in [0.4, 0.5) is 5.95 Å². The molecule has 0 saturated heterocycles. The quantitative estimate of drug-likeness (QED) is 0.623. The lowest BCUT2D eigenvalue weighted by Crippen LogP contribution is -2.28. The summed E-state index contributed by atoms with van der Waals surface area (Å²) in [6, 6.07) is 13.0. The summed E-state index contributed by atoms with van der Waals surface area (Å²) in [6.45, 7) is 0. The third-order valence-electron chi connectivity index (χ3n) is 4.77. The van der Waals surface area contributed by atoms with Gasteiger partial charge < -0.3 is 5.32 Å². The van der Waals surface area contributed by atoms with Gasteiger partial charge in [0.25, 0.3) is 0 Å². The average Bonchev–Trinajstić information content (AvgIpc) is 3.01. The van der Waals surface area contributed by atoms with Crippen molar-refractivity contribution in [3.05, 3.63) is 55.0 Å². The fraction of sp³-hybridized carbons (Fsp3) is 0.211. The standard InChI is InChI=1S/C19H17N5/c1-4-15(5-1)22-19-21-12-18-16(8-10-24(18)23-19)13-6-7-17-14(11-13)3-2-9-20-17/h2-3,6-12,15H,1,4-5H2,(H,22,23). The number of nitrogens with zero attached hydrogens (tertiary/aromatic N) is 4. The Kier molecular flexibility index (Phi) is 2.98. The number of anilines is 1. The van der Waals surface area contributed by atoms with E-state index in [2.05, 4.69) is 50.7 Å². The van der Waals surface area contributed by atoms with Gasteiger partial charge >= 0.3 is 0 Å². The zero-order chi connectivity index (χ0) is 15.9. The molecule has 0 radical (unpaired) electrons. The van der Waals surface area contributed by atoms with Gasteiger partial charge in [0, 0.05) is 29.4 Å². The first-order valence-corrected chi connectivity index (χ1v) is 8.33. The van der Waals surface area contributed by atoms with E-state index in [0.29, 0.717) is 12.0 Å². The molecular formula is C19H17N5. The summed E-state index contributed by atoms with van der Waals surface area (Å²) >= 11 is 0. The van der Waals surface area contributed by atoms with Crippen molar-refractivity contribution < 1.29 is 0 Å². The summed E-state index contributed by atoms with van der Waals surface area (Å²) in [7, 11) is 0. The van der Waals surface area contributed by atoms with Crippen LogP contribution in [0.3, 0.4) is 0 Å². The van der Waals surface area contributed by atoms with Gasteiger partial charge in [0.1, 0.15) is 0 Å². The Hall–Kier alpha value is -2.95. The highest BCUT2D eigenvalue weighted by Gasteiger charge is 2.18. The van der Waals surface area contributed by atoms with E-state index >= 15 is 0 Å². The molecule has 4 aromatic rings. The van der Waals surface area contributed by atoms with Crippen LogP contribution in [0.25, 0.3) is 27.5 Å². The first-order chi connectivity index (χ1) is 11.9. The van der Waals surface area contributed by atoms with Gasteiger partial charge in [0.05, 0.1) is 17.2 Å². The number of hydrogen-bond acceptors (Lipinski definition) is 4. The van der Waals surface area contributed by atoms with Crippen molar-refractivity contribution in [2.24, 2.45) is 0 Å². The zero-order valence-corrected chi connectivity index (χ0v) is 13.2. The summed E-state index contributed by atoms with van der Waals surface area (Å²) in [5.41, 5.74) is 4.31. The van der Waals surface area contributed by atoms with Gasteiger partial charge in [0.15, 0.2) is 0 Å². The number of fused-ring (bicyclic) bond motifs is 2.